The first-order chi connectivity index (χ1) is 17.0. The zero-order valence-corrected chi connectivity index (χ0v) is 19.1. The summed E-state index contributed by atoms with van der Waals surface area (Å²) in [6.45, 7) is 0.209. The second-order valence-corrected chi connectivity index (χ2v) is 7.94. The summed E-state index contributed by atoms with van der Waals surface area (Å²) in [6.07, 6.45) is 2.35. The van der Waals surface area contributed by atoms with Crippen molar-refractivity contribution in [2.75, 3.05) is 19.0 Å². The molecule has 0 spiro atoms. The van der Waals surface area contributed by atoms with Crippen LogP contribution in [0.25, 0.3) is 11.0 Å². The number of carbonyl (C=O) groups is 2. The number of halogens is 2. The monoisotopic (exact) mass is 478 g/mol. The molecule has 4 aromatic rings. The van der Waals surface area contributed by atoms with Crippen LogP contribution in [0, 0.1) is 11.6 Å². The Morgan fingerprint density at radius 1 is 1.06 bits per heavy atom. The van der Waals surface area contributed by atoms with Crippen LogP contribution >= 0.6 is 0 Å². The predicted octanol–water partition coefficient (Wildman–Crippen LogP) is 4.07. The molecule has 0 radical (unpaired) electrons. The lowest BCUT2D eigenvalue weighted by Gasteiger charge is -2.13. The van der Waals surface area contributed by atoms with Crippen LogP contribution in [0.3, 0.4) is 0 Å². The van der Waals surface area contributed by atoms with E-state index < -0.39 is 17.5 Å². The van der Waals surface area contributed by atoms with Crippen LogP contribution < -0.4 is 10.6 Å². The first kappa shape index (κ1) is 24.0. The number of carbonyl (C=O) groups excluding carboxylic acids is 2. The lowest BCUT2D eigenvalue weighted by atomic mass is 10.1. The molecule has 0 atom stereocenters. The number of amides is 2. The summed E-state index contributed by atoms with van der Waals surface area (Å²) < 4.78 is 34.3. The highest BCUT2D eigenvalue weighted by Crippen LogP contribution is 2.25. The van der Waals surface area contributed by atoms with Crippen molar-refractivity contribution < 1.29 is 23.1 Å². The number of anilines is 1. The molecule has 0 saturated heterocycles. The van der Waals surface area contributed by atoms with E-state index in [9.17, 15) is 18.4 Å². The standard InChI is InChI=1S/C26H24F2N4O3/c1-35-15-23(33)31-19-12-20(26(34)29-14-18-8-5-9-21(27)24(18)28)25-22(13-19)30-16-32(25)11-10-17-6-3-2-4-7-17/h2-9,12-13,16H,10-11,14-15H2,1H3,(H,29,34)(H,31,33). The van der Waals surface area contributed by atoms with Gasteiger partial charge in [-0.2, -0.15) is 0 Å². The number of hydrogen-bond donors (Lipinski definition) is 2. The minimum atomic E-state index is -1.01. The van der Waals surface area contributed by atoms with Crippen LogP contribution in [0.15, 0.2) is 67.0 Å². The second-order valence-electron chi connectivity index (χ2n) is 7.94. The zero-order chi connectivity index (χ0) is 24.8. The topological polar surface area (TPSA) is 85.2 Å². The van der Waals surface area contributed by atoms with Gasteiger partial charge < -0.3 is 19.9 Å². The number of benzene rings is 3. The van der Waals surface area contributed by atoms with E-state index in [0.29, 0.717) is 29.7 Å². The second kappa shape index (κ2) is 10.9. The maximum absolute atomic E-state index is 14.1. The van der Waals surface area contributed by atoms with E-state index in [4.69, 9.17) is 4.74 Å². The number of fused-ring (bicyclic) bond motifs is 1. The lowest BCUT2D eigenvalue weighted by molar-refractivity contribution is -0.119. The molecule has 1 heterocycles. The lowest BCUT2D eigenvalue weighted by Crippen LogP contribution is -2.25. The van der Waals surface area contributed by atoms with E-state index in [-0.39, 0.29) is 30.2 Å². The molecule has 2 amide bonds. The third kappa shape index (κ3) is 5.70. The maximum atomic E-state index is 14.1. The Morgan fingerprint density at radius 3 is 2.63 bits per heavy atom. The number of nitrogens with one attached hydrogen (secondary N) is 2. The van der Waals surface area contributed by atoms with Gasteiger partial charge >= 0.3 is 0 Å². The molecule has 9 heteroatoms. The summed E-state index contributed by atoms with van der Waals surface area (Å²) in [4.78, 5) is 29.7. The summed E-state index contributed by atoms with van der Waals surface area (Å²) in [5, 5.41) is 5.33. The normalized spacial score (nSPS) is 10.9. The van der Waals surface area contributed by atoms with Crippen LogP contribution in [0.4, 0.5) is 14.5 Å². The molecule has 35 heavy (non-hydrogen) atoms. The number of aryl methyl sites for hydroxylation is 2. The van der Waals surface area contributed by atoms with Crippen molar-refractivity contribution in [1.82, 2.24) is 14.9 Å². The highest BCUT2D eigenvalue weighted by molar-refractivity contribution is 6.07. The van der Waals surface area contributed by atoms with E-state index in [1.165, 1.54) is 25.3 Å². The molecule has 0 saturated carbocycles. The average molecular weight is 478 g/mol. The van der Waals surface area contributed by atoms with Crippen molar-refractivity contribution >= 4 is 28.5 Å². The molecule has 7 nitrogen and oxygen atoms in total. The van der Waals surface area contributed by atoms with Gasteiger partial charge in [-0.3, -0.25) is 9.59 Å². The summed E-state index contributed by atoms with van der Waals surface area (Å²) in [5.41, 5.74) is 2.85. The summed E-state index contributed by atoms with van der Waals surface area (Å²) >= 11 is 0. The van der Waals surface area contributed by atoms with Gasteiger partial charge in [0.2, 0.25) is 5.91 Å². The van der Waals surface area contributed by atoms with E-state index in [1.54, 1.807) is 12.4 Å². The Bertz CT molecular complexity index is 1360. The summed E-state index contributed by atoms with van der Waals surface area (Å²) in [7, 11) is 1.40. The Labute approximate surface area is 200 Å². The van der Waals surface area contributed by atoms with Gasteiger partial charge in [0, 0.05) is 31.5 Å². The molecule has 0 aliphatic heterocycles. The molecule has 1 aromatic heterocycles. The van der Waals surface area contributed by atoms with Crippen LogP contribution in [-0.2, 0) is 29.0 Å². The maximum Gasteiger partial charge on any atom is 0.253 e. The van der Waals surface area contributed by atoms with Crippen molar-refractivity contribution in [1.29, 1.82) is 0 Å². The molecule has 0 unspecified atom stereocenters. The summed E-state index contributed by atoms with van der Waals surface area (Å²) in [5.74, 6) is -2.89. The van der Waals surface area contributed by atoms with Gasteiger partial charge in [-0.1, -0.05) is 42.5 Å². The Kier molecular flexibility index (Phi) is 7.47. The molecule has 0 aliphatic rings. The van der Waals surface area contributed by atoms with E-state index in [2.05, 4.69) is 15.6 Å². The largest absolute Gasteiger partial charge is 0.375 e. The van der Waals surface area contributed by atoms with Gasteiger partial charge in [0.1, 0.15) is 6.61 Å². The minimum absolute atomic E-state index is 0.0248. The molecule has 0 fully saturated rings. The highest BCUT2D eigenvalue weighted by atomic mass is 19.2. The van der Waals surface area contributed by atoms with Gasteiger partial charge in [0.15, 0.2) is 11.6 Å². The fourth-order valence-corrected chi connectivity index (χ4v) is 3.80. The highest BCUT2D eigenvalue weighted by Gasteiger charge is 2.18. The Balaban J connectivity index is 1.65. The Hall–Kier alpha value is -4.11. The van der Waals surface area contributed by atoms with E-state index in [1.807, 2.05) is 34.9 Å². The van der Waals surface area contributed by atoms with Crippen LogP contribution in [-0.4, -0.2) is 35.1 Å². The quantitative estimate of drug-likeness (QED) is 0.380. The van der Waals surface area contributed by atoms with Crippen LogP contribution in [0.2, 0.25) is 0 Å². The summed E-state index contributed by atoms with van der Waals surface area (Å²) in [6, 6.07) is 16.9. The number of nitrogens with zero attached hydrogens (tertiary/aromatic N) is 2. The molecular weight excluding hydrogens is 454 g/mol. The molecular formula is C26H24F2N4O3. The molecule has 2 N–H and O–H groups in total. The smallest absolute Gasteiger partial charge is 0.253 e. The minimum Gasteiger partial charge on any atom is -0.375 e. The first-order valence-electron chi connectivity index (χ1n) is 11.0. The van der Waals surface area contributed by atoms with Crippen molar-refractivity contribution in [2.24, 2.45) is 0 Å². The van der Waals surface area contributed by atoms with Crippen LogP contribution in [0.5, 0.6) is 0 Å². The fourth-order valence-electron chi connectivity index (χ4n) is 3.80. The molecule has 0 aliphatic carbocycles. The molecule has 180 valence electrons. The number of ether oxygens (including phenoxy) is 1. The van der Waals surface area contributed by atoms with Gasteiger partial charge in [-0.25, -0.2) is 13.8 Å². The Morgan fingerprint density at radius 2 is 1.86 bits per heavy atom. The third-order valence-electron chi connectivity index (χ3n) is 5.47. The molecule has 4 rings (SSSR count). The van der Waals surface area contributed by atoms with Gasteiger partial charge in [-0.05, 0) is 30.2 Å². The fraction of sp³-hybridized carbons (Fsp3) is 0.192. The average Bonchev–Trinajstić information content (AvgIpc) is 3.26. The van der Waals surface area contributed by atoms with Crippen molar-refractivity contribution in [3.8, 4) is 0 Å². The SMILES string of the molecule is COCC(=O)Nc1cc(C(=O)NCc2cccc(F)c2F)c2c(c1)ncn2CCc1ccccc1. The van der Waals surface area contributed by atoms with Gasteiger partial charge in [0.25, 0.3) is 5.91 Å². The molecule has 3 aromatic carbocycles. The third-order valence-corrected chi connectivity index (χ3v) is 5.47. The van der Waals surface area contributed by atoms with Gasteiger partial charge in [0.05, 0.1) is 22.9 Å². The van der Waals surface area contributed by atoms with Gasteiger partial charge in [-0.15, -0.1) is 0 Å². The van der Waals surface area contributed by atoms with Crippen LogP contribution in [0.1, 0.15) is 21.5 Å². The van der Waals surface area contributed by atoms with Crippen molar-refractivity contribution in [2.45, 2.75) is 19.5 Å². The number of imidazole rings is 1. The van der Waals surface area contributed by atoms with E-state index >= 15 is 0 Å². The molecule has 0 bridgehead atoms. The zero-order valence-electron chi connectivity index (χ0n) is 19.1. The first-order valence-corrected chi connectivity index (χ1v) is 11.0. The number of aromatic nitrogens is 2. The van der Waals surface area contributed by atoms with Crippen molar-refractivity contribution in [3.63, 3.8) is 0 Å². The number of hydrogen-bond acceptors (Lipinski definition) is 4. The van der Waals surface area contributed by atoms with E-state index in [0.717, 1.165) is 11.6 Å². The number of rotatable bonds is 9. The predicted molar refractivity (Wildman–Crippen MR) is 128 cm³/mol. The van der Waals surface area contributed by atoms with Crippen molar-refractivity contribution in [3.05, 3.63) is 95.3 Å². The number of methoxy groups -OCH3 is 1.